The molecule has 0 bridgehead atoms. The Kier molecular flexibility index (Phi) is 6.80. The molecule has 6 nitrogen and oxygen atoms in total. The maximum atomic E-state index is 9.99. The summed E-state index contributed by atoms with van der Waals surface area (Å²) in [5.74, 6) is 0.815. The summed E-state index contributed by atoms with van der Waals surface area (Å²) in [4.78, 5) is 1.79. The number of aliphatic hydroxyl groups excluding tert-OH is 4. The molecule has 0 saturated carbocycles. The molecule has 0 unspecified atom stereocenters. The molecule has 1 aromatic rings. The summed E-state index contributed by atoms with van der Waals surface area (Å²) in [5, 5.41) is 39.0. The number of hydrogen-bond acceptors (Lipinski definition) is 6. The minimum atomic E-state index is -1.22. The van der Waals surface area contributed by atoms with E-state index in [0.717, 1.165) is 24.2 Å². The lowest BCUT2D eigenvalue weighted by Gasteiger charge is -2.43. The molecule has 4 N–H and O–H groups in total. The highest BCUT2D eigenvalue weighted by Crippen LogP contribution is 2.22. The Morgan fingerprint density at radius 3 is 2.43 bits per heavy atom. The second-order valence-electron chi connectivity index (χ2n) is 6.07. The van der Waals surface area contributed by atoms with Crippen LogP contribution >= 0.6 is 0 Å². The van der Waals surface area contributed by atoms with Crippen molar-refractivity contribution < 1.29 is 25.2 Å². The standard InChI is InChI=1S/C17H27NO5/c1-2-3-8-23-13-6-4-12(5-7-13)9-18-10-15(20)17(22)16(21)14(18)11-19/h4-7,14-17,19-22H,2-3,8-11H2,1H3/t14-,15-,16+,17+/m0/s1. The Bertz CT molecular complexity index is 467. The molecule has 130 valence electrons. The van der Waals surface area contributed by atoms with Crippen molar-refractivity contribution in [2.24, 2.45) is 0 Å². The third-order valence-corrected chi connectivity index (χ3v) is 4.29. The van der Waals surface area contributed by atoms with Gasteiger partial charge in [-0.3, -0.25) is 4.90 Å². The van der Waals surface area contributed by atoms with Gasteiger partial charge in [-0.15, -0.1) is 0 Å². The summed E-state index contributed by atoms with van der Waals surface area (Å²) in [6.45, 7) is 3.22. The van der Waals surface area contributed by atoms with Crippen LogP contribution in [0.1, 0.15) is 25.3 Å². The first-order chi connectivity index (χ1) is 11.1. The largest absolute Gasteiger partial charge is 0.494 e. The molecular formula is C17H27NO5. The lowest BCUT2D eigenvalue weighted by Crippen LogP contribution is -2.62. The molecule has 1 saturated heterocycles. The van der Waals surface area contributed by atoms with Gasteiger partial charge in [-0.05, 0) is 24.1 Å². The van der Waals surface area contributed by atoms with Crippen LogP contribution in [-0.2, 0) is 6.54 Å². The quantitative estimate of drug-likeness (QED) is 0.532. The van der Waals surface area contributed by atoms with E-state index in [4.69, 9.17) is 4.74 Å². The van der Waals surface area contributed by atoms with Crippen LogP contribution < -0.4 is 4.74 Å². The van der Waals surface area contributed by atoms with Gasteiger partial charge in [0.05, 0.1) is 25.4 Å². The van der Waals surface area contributed by atoms with E-state index < -0.39 is 24.4 Å². The Labute approximate surface area is 136 Å². The van der Waals surface area contributed by atoms with Crippen LogP contribution in [0.3, 0.4) is 0 Å². The van der Waals surface area contributed by atoms with Crippen molar-refractivity contribution in [3.8, 4) is 5.75 Å². The Morgan fingerprint density at radius 1 is 1.13 bits per heavy atom. The molecule has 1 fully saturated rings. The number of hydrogen-bond donors (Lipinski definition) is 4. The van der Waals surface area contributed by atoms with E-state index in [1.165, 1.54) is 0 Å². The van der Waals surface area contributed by atoms with Crippen LogP contribution in [0, 0.1) is 0 Å². The third-order valence-electron chi connectivity index (χ3n) is 4.29. The van der Waals surface area contributed by atoms with E-state index in [1.807, 2.05) is 24.3 Å². The van der Waals surface area contributed by atoms with Crippen LogP contribution in [0.5, 0.6) is 5.75 Å². The highest BCUT2D eigenvalue weighted by atomic mass is 16.5. The summed E-state index contributed by atoms with van der Waals surface area (Å²) in [6.07, 6.45) is -1.31. The van der Waals surface area contributed by atoms with Gasteiger partial charge in [-0.1, -0.05) is 25.5 Å². The Morgan fingerprint density at radius 2 is 1.83 bits per heavy atom. The van der Waals surface area contributed by atoms with Gasteiger partial charge in [-0.2, -0.15) is 0 Å². The van der Waals surface area contributed by atoms with Gasteiger partial charge < -0.3 is 25.2 Å². The number of unbranched alkanes of at least 4 members (excludes halogenated alkanes) is 1. The summed E-state index contributed by atoms with van der Waals surface area (Å²) in [6, 6.07) is 7.06. The van der Waals surface area contributed by atoms with Crippen LogP contribution in [0.25, 0.3) is 0 Å². The topological polar surface area (TPSA) is 93.4 Å². The molecule has 0 amide bonds. The summed E-state index contributed by atoms with van der Waals surface area (Å²) < 4.78 is 5.62. The molecule has 1 heterocycles. The molecule has 0 spiro atoms. The normalized spacial score (nSPS) is 28.7. The minimum Gasteiger partial charge on any atom is -0.494 e. The van der Waals surface area contributed by atoms with E-state index in [9.17, 15) is 20.4 Å². The fourth-order valence-corrected chi connectivity index (χ4v) is 2.82. The second-order valence-corrected chi connectivity index (χ2v) is 6.07. The molecular weight excluding hydrogens is 298 g/mol. The average Bonchev–Trinajstić information content (AvgIpc) is 2.55. The summed E-state index contributed by atoms with van der Waals surface area (Å²) >= 11 is 0. The zero-order chi connectivity index (χ0) is 16.8. The molecule has 1 aromatic carbocycles. The number of β-amino-alcohol motifs (C(OH)–C–C–N with tert-alkyl or cyclic N) is 1. The lowest BCUT2D eigenvalue weighted by molar-refractivity contribution is -0.147. The maximum absolute atomic E-state index is 9.99. The van der Waals surface area contributed by atoms with Crippen molar-refractivity contribution >= 4 is 0 Å². The fraction of sp³-hybridized carbons (Fsp3) is 0.647. The first-order valence-electron chi connectivity index (χ1n) is 8.17. The zero-order valence-electron chi connectivity index (χ0n) is 13.5. The van der Waals surface area contributed by atoms with E-state index in [0.29, 0.717) is 13.2 Å². The van der Waals surface area contributed by atoms with Crippen molar-refractivity contribution in [1.29, 1.82) is 0 Å². The molecule has 0 radical (unpaired) electrons. The number of likely N-dealkylation sites (tertiary alicyclic amines) is 1. The molecule has 6 heteroatoms. The van der Waals surface area contributed by atoms with Crippen molar-refractivity contribution in [1.82, 2.24) is 4.90 Å². The van der Waals surface area contributed by atoms with Crippen molar-refractivity contribution in [3.05, 3.63) is 29.8 Å². The highest BCUT2D eigenvalue weighted by Gasteiger charge is 2.40. The van der Waals surface area contributed by atoms with Crippen LogP contribution in [0.4, 0.5) is 0 Å². The van der Waals surface area contributed by atoms with Crippen molar-refractivity contribution in [2.75, 3.05) is 19.8 Å². The van der Waals surface area contributed by atoms with E-state index in [-0.39, 0.29) is 13.2 Å². The van der Waals surface area contributed by atoms with Crippen LogP contribution in [-0.4, -0.2) is 69.4 Å². The first-order valence-corrected chi connectivity index (χ1v) is 8.17. The number of rotatable bonds is 7. The van der Waals surface area contributed by atoms with Gasteiger partial charge in [0.2, 0.25) is 0 Å². The van der Waals surface area contributed by atoms with Crippen LogP contribution in [0.2, 0.25) is 0 Å². The van der Waals surface area contributed by atoms with Gasteiger partial charge in [0.25, 0.3) is 0 Å². The number of nitrogens with zero attached hydrogens (tertiary/aromatic N) is 1. The van der Waals surface area contributed by atoms with E-state index in [1.54, 1.807) is 4.90 Å². The van der Waals surface area contributed by atoms with E-state index >= 15 is 0 Å². The zero-order valence-corrected chi connectivity index (χ0v) is 13.5. The first kappa shape index (κ1) is 18.2. The van der Waals surface area contributed by atoms with Gasteiger partial charge in [0.1, 0.15) is 18.0 Å². The molecule has 1 aliphatic heterocycles. The van der Waals surface area contributed by atoms with Gasteiger partial charge in [0, 0.05) is 13.1 Å². The third kappa shape index (κ3) is 4.65. The Balaban J connectivity index is 1.97. The number of piperidine rings is 1. The van der Waals surface area contributed by atoms with Crippen LogP contribution in [0.15, 0.2) is 24.3 Å². The fourth-order valence-electron chi connectivity index (χ4n) is 2.82. The summed E-state index contributed by atoms with van der Waals surface area (Å²) in [7, 11) is 0. The minimum absolute atomic E-state index is 0.207. The number of aliphatic hydroxyl groups is 4. The smallest absolute Gasteiger partial charge is 0.119 e. The predicted octanol–water partition coefficient (Wildman–Crippen LogP) is 0.125. The molecule has 4 atom stereocenters. The predicted molar refractivity (Wildman–Crippen MR) is 86.1 cm³/mol. The monoisotopic (exact) mass is 325 g/mol. The second kappa shape index (κ2) is 8.61. The van der Waals surface area contributed by atoms with Crippen molar-refractivity contribution in [3.63, 3.8) is 0 Å². The lowest BCUT2D eigenvalue weighted by atomic mass is 9.94. The van der Waals surface area contributed by atoms with Gasteiger partial charge in [-0.25, -0.2) is 0 Å². The molecule has 23 heavy (non-hydrogen) atoms. The summed E-state index contributed by atoms with van der Waals surface area (Å²) in [5.41, 5.74) is 0.988. The highest BCUT2D eigenvalue weighted by molar-refractivity contribution is 5.27. The Hall–Kier alpha value is -1.18. The maximum Gasteiger partial charge on any atom is 0.119 e. The molecule has 1 aliphatic rings. The molecule has 0 aliphatic carbocycles. The van der Waals surface area contributed by atoms with E-state index in [2.05, 4.69) is 6.92 Å². The van der Waals surface area contributed by atoms with Crippen molar-refractivity contribution in [2.45, 2.75) is 50.7 Å². The average molecular weight is 325 g/mol. The number of benzene rings is 1. The molecule has 0 aromatic heterocycles. The van der Waals surface area contributed by atoms with Gasteiger partial charge >= 0.3 is 0 Å². The molecule has 2 rings (SSSR count). The van der Waals surface area contributed by atoms with Gasteiger partial charge in [0.15, 0.2) is 0 Å². The SMILES string of the molecule is CCCCOc1ccc(CN2C[C@H](O)[C@@H](O)[C@H](O)[C@@H]2CO)cc1. The number of ether oxygens (including phenoxy) is 1.